The maximum absolute atomic E-state index is 12.8. The second-order valence-corrected chi connectivity index (χ2v) is 6.39. The van der Waals surface area contributed by atoms with E-state index in [1.165, 1.54) is 6.07 Å². The van der Waals surface area contributed by atoms with Gasteiger partial charge in [-0.15, -0.1) is 12.4 Å². The smallest absolute Gasteiger partial charge is 0.313 e. The Kier molecular flexibility index (Phi) is 8.00. The van der Waals surface area contributed by atoms with E-state index >= 15 is 0 Å². The lowest BCUT2D eigenvalue weighted by atomic mass is 10.1. The van der Waals surface area contributed by atoms with Crippen LogP contribution in [0.25, 0.3) is 0 Å². The highest BCUT2D eigenvalue weighted by molar-refractivity contribution is 7.89. The molecule has 130 valence electrons. The number of sulfonamides is 1. The molecule has 0 saturated heterocycles. The van der Waals surface area contributed by atoms with Gasteiger partial charge in [-0.25, -0.2) is 13.1 Å². The predicted molar refractivity (Wildman–Crippen MR) is 81.7 cm³/mol. The Morgan fingerprint density at radius 1 is 1.35 bits per heavy atom. The van der Waals surface area contributed by atoms with Gasteiger partial charge in [-0.3, -0.25) is 0 Å². The van der Waals surface area contributed by atoms with Crippen LogP contribution in [-0.2, 0) is 16.2 Å². The summed E-state index contributed by atoms with van der Waals surface area (Å²) in [5.41, 5.74) is -1.88. The molecule has 5 nitrogen and oxygen atoms in total. The summed E-state index contributed by atoms with van der Waals surface area (Å²) in [5, 5.41) is 11.7. The number of nitriles is 1. The van der Waals surface area contributed by atoms with E-state index in [0.717, 1.165) is 12.1 Å². The van der Waals surface area contributed by atoms with Crippen LogP contribution in [0.1, 0.15) is 25.0 Å². The monoisotopic (exact) mass is 371 g/mol. The van der Waals surface area contributed by atoms with Gasteiger partial charge in [-0.05, 0) is 31.7 Å². The van der Waals surface area contributed by atoms with Gasteiger partial charge in [0.25, 0.3) is 0 Å². The highest BCUT2D eigenvalue weighted by Gasteiger charge is 2.35. The fourth-order valence-electron chi connectivity index (χ4n) is 1.76. The summed E-state index contributed by atoms with van der Waals surface area (Å²) >= 11 is 0. The molecule has 0 saturated carbocycles. The molecular weight excluding hydrogens is 355 g/mol. The van der Waals surface area contributed by atoms with Crippen molar-refractivity contribution in [1.82, 2.24) is 10.0 Å². The van der Waals surface area contributed by atoms with Crippen LogP contribution in [0, 0.1) is 11.3 Å². The molecule has 0 spiro atoms. The largest absolute Gasteiger partial charge is 0.417 e. The Labute approximate surface area is 139 Å². The van der Waals surface area contributed by atoms with E-state index in [0.29, 0.717) is 12.6 Å². The molecule has 1 atom stereocenters. The molecule has 0 aliphatic heterocycles. The van der Waals surface area contributed by atoms with Crippen molar-refractivity contribution in [3.8, 4) is 6.07 Å². The molecule has 2 N–H and O–H groups in total. The number of nitrogens with zero attached hydrogens (tertiary/aromatic N) is 1. The molecule has 0 unspecified atom stereocenters. The number of hydrogen-bond donors (Lipinski definition) is 2. The van der Waals surface area contributed by atoms with Gasteiger partial charge < -0.3 is 5.32 Å². The molecule has 10 heteroatoms. The summed E-state index contributed by atoms with van der Waals surface area (Å²) in [7, 11) is -4.08. The minimum absolute atomic E-state index is 0. The van der Waals surface area contributed by atoms with Crippen molar-refractivity contribution < 1.29 is 21.6 Å². The minimum atomic E-state index is -4.80. The molecule has 0 aliphatic rings. The highest BCUT2D eigenvalue weighted by atomic mass is 35.5. The summed E-state index contributed by atoms with van der Waals surface area (Å²) < 4.78 is 64.8. The van der Waals surface area contributed by atoms with Gasteiger partial charge in [0.05, 0.1) is 22.1 Å². The molecule has 0 heterocycles. The predicted octanol–water partition coefficient (Wildman–Crippen LogP) is 2.28. The number of alkyl halides is 3. The first-order valence-corrected chi connectivity index (χ1v) is 7.94. The van der Waals surface area contributed by atoms with Crippen LogP contribution in [-0.4, -0.2) is 27.5 Å². The number of hydrogen-bond acceptors (Lipinski definition) is 4. The summed E-state index contributed by atoms with van der Waals surface area (Å²) in [5.74, 6) is 0. The van der Waals surface area contributed by atoms with Crippen molar-refractivity contribution in [2.24, 2.45) is 0 Å². The van der Waals surface area contributed by atoms with E-state index in [9.17, 15) is 21.6 Å². The van der Waals surface area contributed by atoms with E-state index in [1.54, 1.807) is 6.92 Å². The van der Waals surface area contributed by atoms with Crippen molar-refractivity contribution in [3.63, 3.8) is 0 Å². The molecule has 0 aliphatic carbocycles. The molecule has 1 rings (SSSR count). The average molecular weight is 372 g/mol. The molecular formula is C13H17ClF3N3O2S. The van der Waals surface area contributed by atoms with E-state index in [1.807, 2.05) is 6.92 Å². The second-order valence-electron chi connectivity index (χ2n) is 4.63. The van der Waals surface area contributed by atoms with Crippen LogP contribution in [0.15, 0.2) is 23.1 Å². The maximum Gasteiger partial charge on any atom is 0.417 e. The summed E-state index contributed by atoms with van der Waals surface area (Å²) in [4.78, 5) is -0.525. The Morgan fingerprint density at radius 2 is 1.96 bits per heavy atom. The maximum atomic E-state index is 12.8. The first kappa shape index (κ1) is 21.7. The second kappa shape index (κ2) is 8.49. The topological polar surface area (TPSA) is 82.0 Å². The van der Waals surface area contributed by atoms with Gasteiger partial charge >= 0.3 is 6.18 Å². The summed E-state index contributed by atoms with van der Waals surface area (Å²) in [6, 6.07) is 3.54. The molecule has 1 aromatic rings. The van der Waals surface area contributed by atoms with Crippen molar-refractivity contribution in [3.05, 3.63) is 29.3 Å². The molecule has 0 aromatic heterocycles. The Hall–Kier alpha value is -1.34. The van der Waals surface area contributed by atoms with Crippen LogP contribution in [0.2, 0.25) is 0 Å². The van der Waals surface area contributed by atoms with E-state index in [-0.39, 0.29) is 25.0 Å². The third-order valence-corrected chi connectivity index (χ3v) is 4.28. The zero-order valence-electron chi connectivity index (χ0n) is 12.4. The third kappa shape index (κ3) is 5.99. The van der Waals surface area contributed by atoms with E-state index in [2.05, 4.69) is 10.0 Å². The lowest BCUT2D eigenvalue weighted by molar-refractivity contribution is -0.137. The number of halogens is 4. The van der Waals surface area contributed by atoms with Crippen molar-refractivity contribution >= 4 is 22.4 Å². The molecule has 0 fully saturated rings. The standard InChI is InChI=1S/C13H16F3N3O2S.ClH/c1-3-18-9(2)8-19-22(20,21)11-5-4-10(7-17)12(6-11)13(14,15)16;/h4-6,9,18-19H,3,8H2,1-2H3;1H/t9-;/m1./s1. The fraction of sp³-hybridized carbons (Fsp3) is 0.462. The zero-order valence-corrected chi connectivity index (χ0v) is 14.1. The van der Waals surface area contributed by atoms with Crippen LogP contribution in [0.5, 0.6) is 0 Å². The number of nitrogens with one attached hydrogen (secondary N) is 2. The van der Waals surface area contributed by atoms with Crippen LogP contribution >= 0.6 is 12.4 Å². The quantitative estimate of drug-likeness (QED) is 0.803. The van der Waals surface area contributed by atoms with Gasteiger partial charge in [0.2, 0.25) is 10.0 Å². The molecule has 1 aromatic carbocycles. The average Bonchev–Trinajstić information content (AvgIpc) is 2.44. The molecule has 0 amide bonds. The number of benzene rings is 1. The molecule has 0 bridgehead atoms. The minimum Gasteiger partial charge on any atom is -0.313 e. The lowest BCUT2D eigenvalue weighted by Crippen LogP contribution is -2.38. The van der Waals surface area contributed by atoms with Gasteiger partial charge in [-0.1, -0.05) is 6.92 Å². The van der Waals surface area contributed by atoms with Gasteiger partial charge in [-0.2, -0.15) is 18.4 Å². The van der Waals surface area contributed by atoms with Gasteiger partial charge in [0.15, 0.2) is 0 Å². The molecule has 23 heavy (non-hydrogen) atoms. The Morgan fingerprint density at radius 3 is 2.43 bits per heavy atom. The summed E-state index contributed by atoms with van der Waals surface area (Å²) in [6.07, 6.45) is -4.80. The number of rotatable bonds is 6. The zero-order chi connectivity index (χ0) is 17.0. The van der Waals surface area contributed by atoms with Gasteiger partial charge in [0.1, 0.15) is 0 Å². The lowest BCUT2D eigenvalue weighted by Gasteiger charge is -2.15. The SMILES string of the molecule is CCN[C@H](C)CNS(=O)(=O)c1ccc(C#N)c(C(F)(F)F)c1.Cl. The van der Waals surface area contributed by atoms with Crippen LogP contribution < -0.4 is 10.0 Å². The van der Waals surface area contributed by atoms with E-state index in [4.69, 9.17) is 5.26 Å². The Balaban J connectivity index is 0.00000484. The van der Waals surface area contributed by atoms with Crippen molar-refractivity contribution in [2.45, 2.75) is 31.0 Å². The van der Waals surface area contributed by atoms with Crippen LogP contribution in [0.4, 0.5) is 13.2 Å². The van der Waals surface area contributed by atoms with Gasteiger partial charge in [0, 0.05) is 12.6 Å². The van der Waals surface area contributed by atoms with E-state index < -0.39 is 32.2 Å². The first-order chi connectivity index (χ1) is 10.1. The Bertz CT molecular complexity index is 672. The normalized spacial score (nSPS) is 13.0. The van der Waals surface area contributed by atoms with Crippen molar-refractivity contribution in [2.75, 3.05) is 13.1 Å². The highest BCUT2D eigenvalue weighted by Crippen LogP contribution is 2.33. The van der Waals surface area contributed by atoms with Crippen LogP contribution in [0.3, 0.4) is 0 Å². The fourth-order valence-corrected chi connectivity index (χ4v) is 2.92. The third-order valence-electron chi connectivity index (χ3n) is 2.86. The molecule has 0 radical (unpaired) electrons. The van der Waals surface area contributed by atoms with Crippen molar-refractivity contribution in [1.29, 1.82) is 5.26 Å². The number of likely N-dealkylation sites (N-methyl/N-ethyl adjacent to an activating group) is 1. The summed E-state index contributed by atoms with van der Waals surface area (Å²) in [6.45, 7) is 4.27. The first-order valence-electron chi connectivity index (χ1n) is 6.46.